The summed E-state index contributed by atoms with van der Waals surface area (Å²) >= 11 is 0. The third-order valence-electron chi connectivity index (χ3n) is 10.5. The number of aliphatic hydroxyl groups is 1. The zero-order chi connectivity index (χ0) is 33.6. The number of para-hydroxylation sites is 1. The fourth-order valence-electron chi connectivity index (χ4n) is 8.24. The summed E-state index contributed by atoms with van der Waals surface area (Å²) in [7, 11) is -2.82. The van der Waals surface area contributed by atoms with Gasteiger partial charge in [-0.3, -0.25) is 14.3 Å². The molecule has 1 unspecified atom stereocenters. The number of anilines is 2. The number of carbonyl (C=O) groups excluding carboxylic acids is 2. The van der Waals surface area contributed by atoms with Gasteiger partial charge in [-0.25, -0.2) is 0 Å². The fourth-order valence-corrected chi connectivity index (χ4v) is 10.8. The highest BCUT2D eigenvalue weighted by Gasteiger charge is 2.66. The molecule has 0 radical (unpaired) electrons. The van der Waals surface area contributed by atoms with Crippen molar-refractivity contribution in [3.05, 3.63) is 107 Å². The van der Waals surface area contributed by atoms with Crippen molar-refractivity contribution in [2.45, 2.75) is 75.5 Å². The first-order valence-electron chi connectivity index (χ1n) is 16.9. The lowest BCUT2D eigenvalue weighted by Crippen LogP contribution is -2.46. The van der Waals surface area contributed by atoms with Gasteiger partial charge in [-0.2, -0.15) is 0 Å². The summed E-state index contributed by atoms with van der Waals surface area (Å²) in [4.78, 5) is 42.2. The molecule has 1 spiro atoms. The highest BCUT2D eigenvalue weighted by molar-refractivity contribution is 6.71. The molecule has 0 saturated carbocycles. The van der Waals surface area contributed by atoms with Gasteiger partial charge in [0.1, 0.15) is 0 Å². The number of nitrogens with zero attached hydrogens (tertiary/aromatic N) is 5. The summed E-state index contributed by atoms with van der Waals surface area (Å²) in [5.74, 6) is -0.511. The third kappa shape index (κ3) is 5.58. The van der Waals surface area contributed by atoms with E-state index < -0.39 is 13.9 Å². The van der Waals surface area contributed by atoms with Crippen molar-refractivity contribution in [1.82, 2.24) is 15.0 Å². The maximum Gasteiger partial charge on any atom is 0.264 e. The Morgan fingerprint density at radius 1 is 1.02 bits per heavy atom. The summed E-state index contributed by atoms with van der Waals surface area (Å²) < 4.78 is 8.73. The predicted molar refractivity (Wildman–Crippen MR) is 185 cm³/mol. The second-order valence-electron chi connectivity index (χ2n) is 13.9. The summed E-state index contributed by atoms with van der Waals surface area (Å²) in [5.41, 5.74) is 3.73. The monoisotopic (exact) mass is 665 g/mol. The van der Waals surface area contributed by atoms with Crippen LogP contribution in [0.2, 0.25) is 18.6 Å². The van der Waals surface area contributed by atoms with Crippen molar-refractivity contribution in [2.75, 3.05) is 23.0 Å². The molecule has 2 amide bonds. The first-order valence-corrected chi connectivity index (χ1v) is 19.9. The minimum Gasteiger partial charge on any atom is -0.432 e. The lowest BCUT2D eigenvalue weighted by atomic mass is 9.82. The van der Waals surface area contributed by atoms with E-state index in [1.165, 1.54) is 0 Å². The van der Waals surface area contributed by atoms with Gasteiger partial charge in [0.15, 0.2) is 13.9 Å². The van der Waals surface area contributed by atoms with Crippen LogP contribution >= 0.6 is 0 Å². The SMILES string of the molecule is C[C@H]1[C@H]([Si](C)(C)O)[C@@H](CCn2cc(C(CO)c3ccccc3)nn2)O[C@]12C(=O)N(Cc1ccc(N3CCCC3=O)cc1)c1ccccc12. The minimum atomic E-state index is -2.82. The van der Waals surface area contributed by atoms with Crippen molar-refractivity contribution < 1.29 is 24.2 Å². The Morgan fingerprint density at radius 3 is 2.44 bits per heavy atom. The third-order valence-corrected chi connectivity index (χ3v) is 13.0. The van der Waals surface area contributed by atoms with Gasteiger partial charge in [-0.1, -0.05) is 72.8 Å². The highest BCUT2D eigenvalue weighted by Crippen LogP contribution is 2.59. The van der Waals surface area contributed by atoms with Gasteiger partial charge in [0, 0.05) is 48.4 Å². The summed E-state index contributed by atoms with van der Waals surface area (Å²) in [6, 6.07) is 25.5. The molecule has 3 aliphatic heterocycles. The van der Waals surface area contributed by atoms with Gasteiger partial charge in [0.25, 0.3) is 5.91 Å². The smallest absolute Gasteiger partial charge is 0.264 e. The molecule has 3 aliphatic rings. The molecule has 0 bridgehead atoms. The topological polar surface area (TPSA) is 121 Å². The summed E-state index contributed by atoms with van der Waals surface area (Å²) in [5, 5.41) is 18.9. The van der Waals surface area contributed by atoms with Gasteiger partial charge in [0.2, 0.25) is 5.91 Å². The van der Waals surface area contributed by atoms with Crippen molar-refractivity contribution in [1.29, 1.82) is 0 Å². The highest BCUT2D eigenvalue weighted by atomic mass is 28.4. The lowest BCUT2D eigenvalue weighted by molar-refractivity contribution is -0.146. The number of fused-ring (bicyclic) bond motifs is 2. The molecule has 3 aromatic carbocycles. The van der Waals surface area contributed by atoms with Crippen LogP contribution in [-0.2, 0) is 33.0 Å². The number of hydrogen-bond acceptors (Lipinski definition) is 7. The number of aryl methyl sites for hydroxylation is 1. The molecule has 0 aliphatic carbocycles. The molecular formula is C37H43N5O5Si. The molecule has 1 aromatic heterocycles. The Balaban J connectivity index is 1.13. The quantitative estimate of drug-likeness (QED) is 0.230. The van der Waals surface area contributed by atoms with E-state index in [1.807, 2.05) is 108 Å². The van der Waals surface area contributed by atoms with Crippen LogP contribution in [0.1, 0.15) is 54.5 Å². The summed E-state index contributed by atoms with van der Waals surface area (Å²) in [6.45, 7) is 7.41. The minimum absolute atomic E-state index is 0.0822. The number of aromatic nitrogens is 3. The predicted octanol–water partition coefficient (Wildman–Crippen LogP) is 4.96. The van der Waals surface area contributed by atoms with Crippen LogP contribution in [0, 0.1) is 5.92 Å². The van der Waals surface area contributed by atoms with Gasteiger partial charge in [-0.15, -0.1) is 5.10 Å². The zero-order valence-corrected chi connectivity index (χ0v) is 28.7. The molecule has 4 heterocycles. The van der Waals surface area contributed by atoms with E-state index in [2.05, 4.69) is 17.2 Å². The van der Waals surface area contributed by atoms with Crippen molar-refractivity contribution in [3.63, 3.8) is 0 Å². The van der Waals surface area contributed by atoms with Crippen molar-refractivity contribution in [3.8, 4) is 0 Å². The second kappa shape index (κ2) is 12.7. The Morgan fingerprint density at radius 2 is 1.75 bits per heavy atom. The van der Waals surface area contributed by atoms with E-state index >= 15 is 0 Å². The van der Waals surface area contributed by atoms with Gasteiger partial charge < -0.3 is 24.4 Å². The van der Waals surface area contributed by atoms with E-state index in [0.717, 1.165) is 41.0 Å². The van der Waals surface area contributed by atoms with Gasteiger partial charge in [0.05, 0.1) is 36.6 Å². The molecule has 2 N–H and O–H groups in total. The molecule has 5 atom stereocenters. The lowest BCUT2D eigenvalue weighted by Gasteiger charge is -2.32. The number of benzene rings is 3. The number of rotatable bonds is 10. The van der Waals surface area contributed by atoms with E-state index in [0.29, 0.717) is 31.6 Å². The van der Waals surface area contributed by atoms with E-state index in [1.54, 1.807) is 4.68 Å². The summed E-state index contributed by atoms with van der Waals surface area (Å²) in [6.07, 6.45) is 3.47. The second-order valence-corrected chi connectivity index (χ2v) is 17.9. The van der Waals surface area contributed by atoms with Gasteiger partial charge in [-0.05, 0) is 55.3 Å². The Kier molecular flexibility index (Phi) is 8.57. The van der Waals surface area contributed by atoms with Crippen LogP contribution < -0.4 is 9.80 Å². The zero-order valence-electron chi connectivity index (χ0n) is 27.7. The normalized spacial score (nSPS) is 24.6. The van der Waals surface area contributed by atoms with Crippen LogP contribution in [0.15, 0.2) is 85.1 Å². The number of hydrogen-bond donors (Lipinski definition) is 2. The van der Waals surface area contributed by atoms with Gasteiger partial charge >= 0.3 is 0 Å². The van der Waals surface area contributed by atoms with E-state index in [-0.39, 0.29) is 41.9 Å². The number of amides is 2. The Bertz CT molecular complexity index is 1790. The van der Waals surface area contributed by atoms with E-state index in [9.17, 15) is 19.5 Å². The number of aliphatic hydroxyl groups excluding tert-OH is 1. The first kappa shape index (κ1) is 32.4. The van der Waals surface area contributed by atoms with Crippen LogP contribution in [0.3, 0.4) is 0 Å². The Hall–Kier alpha value is -4.16. The van der Waals surface area contributed by atoms with E-state index in [4.69, 9.17) is 4.74 Å². The number of ether oxygens (including phenoxy) is 1. The molecule has 11 heteroatoms. The Labute approximate surface area is 282 Å². The van der Waals surface area contributed by atoms with Crippen LogP contribution in [0.4, 0.5) is 11.4 Å². The molecule has 250 valence electrons. The average molecular weight is 666 g/mol. The van der Waals surface area contributed by atoms with Crippen LogP contribution in [-0.4, -0.2) is 64.3 Å². The molecule has 48 heavy (non-hydrogen) atoms. The van der Waals surface area contributed by atoms with Crippen molar-refractivity contribution in [2.24, 2.45) is 5.92 Å². The molecule has 4 aromatic rings. The van der Waals surface area contributed by atoms with Crippen LogP contribution in [0.5, 0.6) is 0 Å². The maximum atomic E-state index is 14.7. The number of carbonyl (C=O) groups is 2. The molecule has 2 fully saturated rings. The van der Waals surface area contributed by atoms with Crippen molar-refractivity contribution >= 4 is 31.5 Å². The fraction of sp³-hybridized carbons (Fsp3) is 0.405. The molecule has 7 rings (SSSR count). The molecule has 10 nitrogen and oxygen atoms in total. The largest absolute Gasteiger partial charge is 0.432 e. The standard InChI is InChI=1S/C37H43N5O5Si/c1-25-35(48(2,3)46)33(19-21-40-23-31(38-39-40)29(24-43)27-10-5-4-6-11-27)47-37(25)30-12-7-8-13-32(30)42(36(37)45)22-26-15-17-28(18-16-26)41-20-9-14-34(41)44/h4-8,10-13,15-18,23,25,29,33,35,43,46H,9,14,19-22,24H2,1-3H3/t25-,29?,33+,35-,37+/m0/s1. The molecular weight excluding hydrogens is 623 g/mol. The average Bonchev–Trinajstić information content (AvgIpc) is 3.85. The first-order chi connectivity index (χ1) is 23.1. The van der Waals surface area contributed by atoms with Crippen LogP contribution in [0.25, 0.3) is 0 Å². The maximum absolute atomic E-state index is 14.7. The molecule has 2 saturated heterocycles.